The second kappa shape index (κ2) is 10.8. The fourth-order valence-corrected chi connectivity index (χ4v) is 3.45. The fraction of sp³-hybridized carbons (Fsp3) is 0.130. The third-order valence-corrected chi connectivity index (χ3v) is 5.05. The predicted molar refractivity (Wildman–Crippen MR) is 130 cm³/mol. The SMILES string of the molecule is CCc1ccc(OCC(=O)NC(=S)Nc2ccc(Nc3ccccc3)cc2)c(Br)c1. The molecule has 0 saturated carbocycles. The molecule has 3 rings (SSSR count). The summed E-state index contributed by atoms with van der Waals surface area (Å²) < 4.78 is 6.39. The Hall–Kier alpha value is -2.90. The van der Waals surface area contributed by atoms with Crippen LogP contribution in [-0.2, 0) is 11.2 Å². The molecule has 0 aliphatic rings. The third-order valence-electron chi connectivity index (χ3n) is 4.22. The van der Waals surface area contributed by atoms with Crippen LogP contribution in [0.25, 0.3) is 0 Å². The van der Waals surface area contributed by atoms with E-state index in [9.17, 15) is 4.79 Å². The van der Waals surface area contributed by atoms with E-state index in [0.717, 1.165) is 28.0 Å². The average molecular weight is 484 g/mol. The average Bonchev–Trinajstić information content (AvgIpc) is 2.75. The molecule has 5 nitrogen and oxygen atoms in total. The number of aryl methyl sites for hydroxylation is 1. The van der Waals surface area contributed by atoms with Gasteiger partial charge in [-0.25, -0.2) is 0 Å². The molecular formula is C23H22BrN3O2S. The minimum Gasteiger partial charge on any atom is -0.483 e. The van der Waals surface area contributed by atoms with Gasteiger partial charge >= 0.3 is 0 Å². The van der Waals surface area contributed by atoms with Crippen molar-refractivity contribution < 1.29 is 9.53 Å². The first-order valence-corrected chi connectivity index (χ1v) is 10.7. The molecule has 0 unspecified atom stereocenters. The molecule has 0 spiro atoms. The van der Waals surface area contributed by atoms with Crippen molar-refractivity contribution in [1.82, 2.24) is 5.32 Å². The van der Waals surface area contributed by atoms with Crippen LogP contribution in [0.4, 0.5) is 17.1 Å². The predicted octanol–water partition coefficient (Wildman–Crippen LogP) is 5.65. The largest absolute Gasteiger partial charge is 0.483 e. The van der Waals surface area contributed by atoms with E-state index in [2.05, 4.69) is 38.8 Å². The summed E-state index contributed by atoms with van der Waals surface area (Å²) in [6.45, 7) is 1.95. The summed E-state index contributed by atoms with van der Waals surface area (Å²) in [5, 5.41) is 9.14. The molecule has 0 bridgehead atoms. The molecule has 0 heterocycles. The van der Waals surface area contributed by atoms with Crippen LogP contribution in [0.5, 0.6) is 5.75 Å². The first-order valence-electron chi connectivity index (χ1n) is 9.47. The Balaban J connectivity index is 1.46. The molecule has 0 atom stereocenters. The topological polar surface area (TPSA) is 62.4 Å². The van der Waals surface area contributed by atoms with Gasteiger partial charge < -0.3 is 15.4 Å². The van der Waals surface area contributed by atoms with Gasteiger partial charge in [-0.15, -0.1) is 0 Å². The molecular weight excluding hydrogens is 462 g/mol. The maximum absolute atomic E-state index is 12.1. The molecule has 7 heteroatoms. The van der Waals surface area contributed by atoms with E-state index in [0.29, 0.717) is 5.75 Å². The smallest absolute Gasteiger partial charge is 0.264 e. The highest BCUT2D eigenvalue weighted by atomic mass is 79.9. The number of nitrogens with one attached hydrogen (secondary N) is 3. The quantitative estimate of drug-likeness (QED) is 0.379. The van der Waals surface area contributed by atoms with Crippen molar-refractivity contribution in [3.8, 4) is 5.75 Å². The van der Waals surface area contributed by atoms with Gasteiger partial charge in [-0.2, -0.15) is 0 Å². The number of amides is 1. The van der Waals surface area contributed by atoms with Gasteiger partial charge in [0.1, 0.15) is 5.75 Å². The second-order valence-electron chi connectivity index (χ2n) is 6.48. The van der Waals surface area contributed by atoms with E-state index in [4.69, 9.17) is 17.0 Å². The lowest BCUT2D eigenvalue weighted by molar-refractivity contribution is -0.121. The molecule has 1 amide bonds. The number of carbonyl (C=O) groups excluding carboxylic acids is 1. The lowest BCUT2D eigenvalue weighted by Gasteiger charge is -2.12. The summed E-state index contributed by atoms with van der Waals surface area (Å²) in [4.78, 5) is 12.1. The van der Waals surface area contributed by atoms with E-state index in [-0.39, 0.29) is 17.6 Å². The molecule has 3 N–H and O–H groups in total. The summed E-state index contributed by atoms with van der Waals surface area (Å²) >= 11 is 8.68. The number of carbonyl (C=O) groups is 1. The zero-order valence-electron chi connectivity index (χ0n) is 16.4. The van der Waals surface area contributed by atoms with E-state index >= 15 is 0 Å². The van der Waals surface area contributed by atoms with Gasteiger partial charge in [-0.1, -0.05) is 31.2 Å². The van der Waals surface area contributed by atoms with Gasteiger partial charge in [0, 0.05) is 17.1 Å². The minimum absolute atomic E-state index is 0.133. The number of rotatable bonds is 7. The fourth-order valence-electron chi connectivity index (χ4n) is 2.67. The lowest BCUT2D eigenvalue weighted by atomic mass is 10.2. The Kier molecular flexibility index (Phi) is 7.82. The second-order valence-corrected chi connectivity index (χ2v) is 7.74. The van der Waals surface area contributed by atoms with E-state index < -0.39 is 0 Å². The minimum atomic E-state index is -0.332. The number of hydrogen-bond acceptors (Lipinski definition) is 4. The summed E-state index contributed by atoms with van der Waals surface area (Å²) in [7, 11) is 0. The van der Waals surface area contributed by atoms with Crippen molar-refractivity contribution >= 4 is 56.2 Å². The molecule has 3 aromatic rings. The highest BCUT2D eigenvalue weighted by Gasteiger charge is 2.08. The highest BCUT2D eigenvalue weighted by molar-refractivity contribution is 9.10. The van der Waals surface area contributed by atoms with E-state index in [1.54, 1.807) is 0 Å². The molecule has 0 fully saturated rings. The van der Waals surface area contributed by atoms with Gasteiger partial charge in [0.05, 0.1) is 4.47 Å². The number of thiocarbonyl (C=S) groups is 1. The first-order chi connectivity index (χ1) is 14.5. The highest BCUT2D eigenvalue weighted by Crippen LogP contribution is 2.26. The van der Waals surface area contributed by atoms with Crippen LogP contribution < -0.4 is 20.7 Å². The van der Waals surface area contributed by atoms with Gasteiger partial charge in [0.15, 0.2) is 11.7 Å². The van der Waals surface area contributed by atoms with Crippen LogP contribution in [0.3, 0.4) is 0 Å². The maximum Gasteiger partial charge on any atom is 0.264 e. The lowest BCUT2D eigenvalue weighted by Crippen LogP contribution is -2.37. The molecule has 0 aromatic heterocycles. The molecule has 0 aliphatic carbocycles. The summed E-state index contributed by atoms with van der Waals surface area (Å²) in [6.07, 6.45) is 0.933. The van der Waals surface area contributed by atoms with Crippen molar-refractivity contribution in [1.29, 1.82) is 0 Å². The normalized spacial score (nSPS) is 10.2. The number of halogens is 1. The van der Waals surface area contributed by atoms with Crippen molar-refractivity contribution in [2.75, 3.05) is 17.2 Å². The zero-order chi connectivity index (χ0) is 21.3. The van der Waals surface area contributed by atoms with Gasteiger partial charge in [-0.3, -0.25) is 10.1 Å². The Morgan fingerprint density at radius 3 is 2.30 bits per heavy atom. The van der Waals surface area contributed by atoms with Crippen molar-refractivity contribution in [2.24, 2.45) is 0 Å². The number of hydrogen-bond donors (Lipinski definition) is 3. The first kappa shape index (κ1) is 21.8. The summed E-state index contributed by atoms with van der Waals surface area (Å²) in [6, 6.07) is 23.3. The van der Waals surface area contributed by atoms with Gasteiger partial charge in [-0.05, 0) is 88.7 Å². The van der Waals surface area contributed by atoms with Crippen LogP contribution in [-0.4, -0.2) is 17.6 Å². The molecule has 3 aromatic carbocycles. The van der Waals surface area contributed by atoms with Crippen LogP contribution in [0.2, 0.25) is 0 Å². The Morgan fingerprint density at radius 1 is 0.967 bits per heavy atom. The van der Waals surface area contributed by atoms with Gasteiger partial charge in [0.25, 0.3) is 5.91 Å². The standard InChI is InChI=1S/C23H22BrN3O2S/c1-2-16-8-13-21(20(24)14-16)29-15-22(28)27-23(30)26-19-11-9-18(10-12-19)25-17-6-4-3-5-7-17/h3-14,25H,2,15H2,1H3,(H2,26,27,28,30). The van der Waals surface area contributed by atoms with Crippen molar-refractivity contribution in [2.45, 2.75) is 13.3 Å². The van der Waals surface area contributed by atoms with E-state index in [1.807, 2.05) is 72.8 Å². The molecule has 0 aliphatic heterocycles. The molecule has 30 heavy (non-hydrogen) atoms. The monoisotopic (exact) mass is 483 g/mol. The number of anilines is 3. The molecule has 0 saturated heterocycles. The number of benzene rings is 3. The summed E-state index contributed by atoms with van der Waals surface area (Å²) in [5.74, 6) is 0.282. The Morgan fingerprint density at radius 2 is 1.63 bits per heavy atom. The Bertz CT molecular complexity index is 1010. The van der Waals surface area contributed by atoms with Crippen LogP contribution >= 0.6 is 28.1 Å². The number of para-hydroxylation sites is 1. The zero-order valence-corrected chi connectivity index (χ0v) is 18.8. The number of ether oxygens (including phenoxy) is 1. The molecule has 0 radical (unpaired) electrons. The van der Waals surface area contributed by atoms with Gasteiger partial charge in [0.2, 0.25) is 0 Å². The van der Waals surface area contributed by atoms with Crippen LogP contribution in [0, 0.1) is 0 Å². The molecule has 154 valence electrons. The Labute approximate surface area is 190 Å². The van der Waals surface area contributed by atoms with E-state index in [1.165, 1.54) is 5.56 Å². The third kappa shape index (κ3) is 6.57. The van der Waals surface area contributed by atoms with Crippen LogP contribution in [0.1, 0.15) is 12.5 Å². The summed E-state index contributed by atoms with van der Waals surface area (Å²) in [5.41, 5.74) is 3.93. The van der Waals surface area contributed by atoms with Crippen LogP contribution in [0.15, 0.2) is 77.3 Å². The maximum atomic E-state index is 12.1. The van der Waals surface area contributed by atoms with Crippen molar-refractivity contribution in [3.63, 3.8) is 0 Å². The van der Waals surface area contributed by atoms with Crippen molar-refractivity contribution in [3.05, 3.63) is 82.8 Å².